The van der Waals surface area contributed by atoms with Crippen LogP contribution in [0.3, 0.4) is 0 Å². The third-order valence-electron chi connectivity index (χ3n) is 4.50. The van der Waals surface area contributed by atoms with Gasteiger partial charge in [0.1, 0.15) is 11.9 Å². The topological polar surface area (TPSA) is 122 Å². The van der Waals surface area contributed by atoms with Gasteiger partial charge in [-0.2, -0.15) is 0 Å². The zero-order valence-corrected chi connectivity index (χ0v) is 20.6. The average Bonchev–Trinajstić information content (AvgIpc) is 2.67. The summed E-state index contributed by atoms with van der Waals surface area (Å²) in [5, 5.41) is 0.0245. The molecule has 1 aliphatic rings. The first-order valence-corrected chi connectivity index (χ1v) is 12.7. The number of esters is 1. The van der Waals surface area contributed by atoms with Gasteiger partial charge in [0, 0.05) is 37.4 Å². The standard InChI is InChI=1S/C20H33O9PS/c1-14(2)19(24)26-13-28-30(25)27-12-20(4,5)18(29-30)17(23)10-6-8-16(22)9-7-11-31-15(3)21/h14,18H,6-13H2,1-5H3/t18-,30?/m0/s1. The van der Waals surface area contributed by atoms with E-state index >= 15 is 0 Å². The molecule has 0 aliphatic carbocycles. The van der Waals surface area contributed by atoms with Gasteiger partial charge in [0.25, 0.3) is 0 Å². The van der Waals surface area contributed by atoms with Crippen molar-refractivity contribution in [1.29, 1.82) is 0 Å². The van der Waals surface area contributed by atoms with Crippen LogP contribution >= 0.6 is 19.6 Å². The number of rotatable bonds is 13. The van der Waals surface area contributed by atoms with Crippen molar-refractivity contribution in [3.63, 3.8) is 0 Å². The highest BCUT2D eigenvalue weighted by atomic mass is 32.2. The van der Waals surface area contributed by atoms with E-state index in [9.17, 15) is 23.7 Å². The smallest absolute Gasteiger partial charge is 0.438 e. The first-order valence-electron chi connectivity index (χ1n) is 10.3. The van der Waals surface area contributed by atoms with Crippen LogP contribution in [0.25, 0.3) is 0 Å². The number of thioether (sulfide) groups is 1. The molecule has 2 atom stereocenters. The fourth-order valence-corrected chi connectivity index (χ4v) is 4.81. The number of hydrogen-bond acceptors (Lipinski definition) is 10. The molecule has 0 aromatic rings. The van der Waals surface area contributed by atoms with E-state index < -0.39 is 32.1 Å². The van der Waals surface area contributed by atoms with Gasteiger partial charge in [-0.05, 0) is 12.8 Å². The lowest BCUT2D eigenvalue weighted by Crippen LogP contribution is -2.44. The highest BCUT2D eigenvalue weighted by molar-refractivity contribution is 8.13. The second kappa shape index (κ2) is 12.8. The summed E-state index contributed by atoms with van der Waals surface area (Å²) in [5.41, 5.74) is -0.739. The molecule has 1 rings (SSSR count). The van der Waals surface area contributed by atoms with Crippen LogP contribution < -0.4 is 0 Å². The lowest BCUT2D eigenvalue weighted by molar-refractivity contribution is -0.158. The number of Topliss-reactive ketones (excluding diaryl/α,β-unsaturated/α-hetero) is 2. The molecule has 0 N–H and O–H groups in total. The first-order chi connectivity index (χ1) is 14.4. The molecule has 1 heterocycles. The molecule has 0 aromatic heterocycles. The Morgan fingerprint density at radius 2 is 1.77 bits per heavy atom. The second-order valence-corrected chi connectivity index (χ2v) is 11.3. The fourth-order valence-electron chi connectivity index (χ4n) is 2.70. The maximum absolute atomic E-state index is 12.7. The van der Waals surface area contributed by atoms with Gasteiger partial charge >= 0.3 is 13.8 Å². The van der Waals surface area contributed by atoms with Crippen LogP contribution in [0.2, 0.25) is 0 Å². The van der Waals surface area contributed by atoms with Crippen LogP contribution in [0.1, 0.15) is 66.7 Å². The molecule has 1 saturated heterocycles. The minimum Gasteiger partial charge on any atom is -0.438 e. The Morgan fingerprint density at radius 3 is 2.39 bits per heavy atom. The first kappa shape index (κ1) is 28.0. The van der Waals surface area contributed by atoms with E-state index in [0.29, 0.717) is 25.0 Å². The molecule has 9 nitrogen and oxygen atoms in total. The zero-order chi connectivity index (χ0) is 23.7. The predicted octanol–water partition coefficient (Wildman–Crippen LogP) is 4.08. The molecule has 1 aliphatic heterocycles. The fraction of sp³-hybridized carbons (Fsp3) is 0.800. The summed E-state index contributed by atoms with van der Waals surface area (Å²) in [4.78, 5) is 47.0. The minimum absolute atomic E-state index is 0.0245. The average molecular weight is 481 g/mol. The molecule has 31 heavy (non-hydrogen) atoms. The molecule has 178 valence electrons. The summed E-state index contributed by atoms with van der Waals surface area (Å²) in [5.74, 6) is -0.560. The highest BCUT2D eigenvalue weighted by Gasteiger charge is 2.48. The second-order valence-electron chi connectivity index (χ2n) is 8.36. The Morgan fingerprint density at radius 1 is 1.13 bits per heavy atom. The van der Waals surface area contributed by atoms with Crippen molar-refractivity contribution in [2.45, 2.75) is 72.8 Å². The van der Waals surface area contributed by atoms with Gasteiger partial charge in [0.2, 0.25) is 6.79 Å². The van der Waals surface area contributed by atoms with Crippen LogP contribution in [-0.2, 0) is 42.1 Å². The van der Waals surface area contributed by atoms with E-state index in [4.69, 9.17) is 18.3 Å². The maximum Gasteiger partial charge on any atom is 0.478 e. The minimum atomic E-state index is -4.06. The number of carbonyl (C=O) groups is 4. The van der Waals surface area contributed by atoms with Crippen LogP contribution in [0.5, 0.6) is 0 Å². The van der Waals surface area contributed by atoms with Crippen molar-refractivity contribution in [3.05, 3.63) is 0 Å². The normalized spacial score (nSPS) is 22.8. The molecule has 1 unspecified atom stereocenters. The molecule has 0 spiro atoms. The number of hydrogen-bond donors (Lipinski definition) is 0. The monoisotopic (exact) mass is 480 g/mol. The Labute approximate surface area is 187 Å². The van der Waals surface area contributed by atoms with E-state index in [-0.39, 0.29) is 42.0 Å². The van der Waals surface area contributed by atoms with Gasteiger partial charge in [-0.3, -0.25) is 28.2 Å². The van der Waals surface area contributed by atoms with E-state index in [1.54, 1.807) is 27.7 Å². The van der Waals surface area contributed by atoms with Gasteiger partial charge in [0.15, 0.2) is 10.9 Å². The van der Waals surface area contributed by atoms with Crippen molar-refractivity contribution in [2.75, 3.05) is 19.2 Å². The van der Waals surface area contributed by atoms with Gasteiger partial charge < -0.3 is 4.74 Å². The summed E-state index contributed by atoms with van der Waals surface area (Å²) in [7, 11) is -4.06. The SMILES string of the molecule is CC(=O)SCCCC(=O)CCCC(=O)[C@@H]1OP(=O)(OCOC(=O)C(C)C)OCC1(C)C. The van der Waals surface area contributed by atoms with Crippen LogP contribution in [0.15, 0.2) is 0 Å². The Hall–Kier alpha value is -1.06. The molecular weight excluding hydrogens is 447 g/mol. The molecule has 0 amide bonds. The molecule has 11 heteroatoms. The van der Waals surface area contributed by atoms with Gasteiger partial charge in [-0.15, -0.1) is 0 Å². The van der Waals surface area contributed by atoms with E-state index in [1.807, 2.05) is 0 Å². The molecule has 0 bridgehead atoms. The van der Waals surface area contributed by atoms with Gasteiger partial charge in [0.05, 0.1) is 12.5 Å². The van der Waals surface area contributed by atoms with Crippen LogP contribution in [0.4, 0.5) is 0 Å². The molecule has 0 radical (unpaired) electrons. The third-order valence-corrected chi connectivity index (χ3v) is 6.73. The summed E-state index contributed by atoms with van der Waals surface area (Å²) < 4.78 is 33.1. The Kier molecular flexibility index (Phi) is 11.6. The van der Waals surface area contributed by atoms with E-state index in [1.165, 1.54) is 18.7 Å². The number of ketones is 2. The van der Waals surface area contributed by atoms with Gasteiger partial charge in [-0.25, -0.2) is 9.09 Å². The molecule has 0 aromatic carbocycles. The summed E-state index contributed by atoms with van der Waals surface area (Å²) in [6.07, 6.45) is 0.644. The van der Waals surface area contributed by atoms with Crippen LogP contribution in [0, 0.1) is 11.3 Å². The maximum atomic E-state index is 12.7. The Bertz CT molecular complexity index is 705. The van der Waals surface area contributed by atoms with E-state index in [2.05, 4.69) is 0 Å². The molecule has 1 fully saturated rings. The highest BCUT2D eigenvalue weighted by Crippen LogP contribution is 2.57. The molecular formula is C20H33O9PS. The lowest BCUT2D eigenvalue weighted by Gasteiger charge is -2.39. The Balaban J connectivity index is 2.49. The van der Waals surface area contributed by atoms with Gasteiger partial charge in [-0.1, -0.05) is 39.5 Å². The third kappa shape index (κ3) is 10.4. The quantitative estimate of drug-likeness (QED) is 0.165. The zero-order valence-electron chi connectivity index (χ0n) is 18.8. The van der Waals surface area contributed by atoms with Crippen molar-refractivity contribution in [1.82, 2.24) is 0 Å². The van der Waals surface area contributed by atoms with Crippen molar-refractivity contribution in [3.8, 4) is 0 Å². The summed E-state index contributed by atoms with van der Waals surface area (Å²) >= 11 is 1.19. The summed E-state index contributed by atoms with van der Waals surface area (Å²) in [6, 6.07) is 0. The number of phosphoric acid groups is 1. The molecule has 0 saturated carbocycles. The van der Waals surface area contributed by atoms with E-state index in [0.717, 1.165) is 0 Å². The predicted molar refractivity (Wildman–Crippen MR) is 115 cm³/mol. The van der Waals surface area contributed by atoms with Crippen molar-refractivity contribution < 1.29 is 42.1 Å². The largest absolute Gasteiger partial charge is 0.478 e. The summed E-state index contributed by atoms with van der Waals surface area (Å²) in [6.45, 7) is 7.62. The number of carbonyl (C=O) groups excluding carboxylic acids is 4. The number of ether oxygens (including phenoxy) is 1. The lowest BCUT2D eigenvalue weighted by atomic mass is 9.84. The van der Waals surface area contributed by atoms with Crippen LogP contribution in [-0.4, -0.2) is 47.9 Å². The van der Waals surface area contributed by atoms with Crippen molar-refractivity contribution >= 4 is 42.2 Å². The van der Waals surface area contributed by atoms with Crippen molar-refractivity contribution in [2.24, 2.45) is 11.3 Å². The number of phosphoric ester groups is 1.